The molecule has 0 amide bonds. The maximum Gasteiger partial charge on any atom is 0.0465 e. The molecule has 0 heterocycles. The number of fused-ring (bicyclic) bond motifs is 12. The van der Waals surface area contributed by atoms with Gasteiger partial charge >= 0.3 is 0 Å². The van der Waals surface area contributed by atoms with E-state index in [9.17, 15) is 0 Å². The van der Waals surface area contributed by atoms with Crippen LogP contribution in [0.2, 0.25) is 0 Å². The molecule has 0 N–H and O–H groups in total. The molecule has 14 rings (SSSR count). The van der Waals surface area contributed by atoms with Gasteiger partial charge in [-0.15, -0.1) is 0 Å². The quantitative estimate of drug-likeness (QED) is 0.0352. The molecule has 10 aromatic carbocycles. The van der Waals surface area contributed by atoms with Gasteiger partial charge in [0, 0.05) is 61.2 Å². The number of hydrogen-bond donors (Lipinski definition) is 0. The summed E-state index contributed by atoms with van der Waals surface area (Å²) in [5.74, 6) is 0. The predicted octanol–water partition coefficient (Wildman–Crippen LogP) is 33.8. The van der Waals surface area contributed by atoms with Crippen molar-refractivity contribution in [2.45, 2.75) is 321 Å². The highest BCUT2D eigenvalue weighted by Crippen LogP contribution is 2.62. The summed E-state index contributed by atoms with van der Waals surface area (Å²) in [6.45, 7) is 23.9. The minimum atomic E-state index is -0.232. The Bertz CT molecular complexity index is 4590. The highest BCUT2D eigenvalue weighted by Gasteiger charge is 2.48. The van der Waals surface area contributed by atoms with Crippen molar-refractivity contribution >= 4 is 34.1 Å². The molecule has 0 fully saturated rings. The average Bonchev–Trinajstić information content (AvgIpc) is 1.60. The first-order valence-corrected chi connectivity index (χ1v) is 45.9. The second kappa shape index (κ2) is 36.5. The van der Waals surface area contributed by atoms with Crippen LogP contribution in [0.1, 0.15) is 350 Å². The maximum absolute atomic E-state index is 2.69. The summed E-state index contributed by atoms with van der Waals surface area (Å²) in [5.41, 5.74) is 33.8. The Balaban J connectivity index is 0.907. The largest absolute Gasteiger partial charge is 0.310 e. The first kappa shape index (κ1) is 80.4. The maximum atomic E-state index is 2.69. The van der Waals surface area contributed by atoms with Gasteiger partial charge in [-0.25, -0.2) is 0 Å². The van der Waals surface area contributed by atoms with E-state index in [1.165, 1.54) is 318 Å². The van der Waals surface area contributed by atoms with E-state index in [-0.39, 0.29) is 27.1 Å². The second-order valence-electron chi connectivity index (χ2n) is 35.0. The Kier molecular flexibility index (Phi) is 26.2. The molecule has 1 atom stereocenters. The molecule has 0 bridgehead atoms. The lowest BCUT2D eigenvalue weighted by Gasteiger charge is -2.36. The summed E-state index contributed by atoms with van der Waals surface area (Å²) in [5, 5.41) is 0. The van der Waals surface area contributed by atoms with E-state index in [2.05, 4.69) is 297 Å². The monoisotopic (exact) mass is 1490 g/mol. The zero-order chi connectivity index (χ0) is 77.7. The third-order valence-corrected chi connectivity index (χ3v) is 28.5. The van der Waals surface area contributed by atoms with Crippen molar-refractivity contribution in [1.29, 1.82) is 0 Å². The Labute approximate surface area is 679 Å². The van der Waals surface area contributed by atoms with Crippen molar-refractivity contribution in [2.75, 3.05) is 9.80 Å². The van der Waals surface area contributed by atoms with Crippen LogP contribution < -0.4 is 9.80 Å². The van der Waals surface area contributed by atoms with Crippen LogP contribution in [0, 0.1) is 0 Å². The average molecular weight is 1490 g/mol. The first-order chi connectivity index (χ1) is 55.1. The number of rotatable bonds is 43. The summed E-state index contributed by atoms with van der Waals surface area (Å²) in [6.07, 6.45) is 42.5. The minimum absolute atomic E-state index is 0.0357. The Morgan fingerprint density at radius 1 is 0.196 bits per heavy atom. The van der Waals surface area contributed by atoms with Gasteiger partial charge in [-0.2, -0.15) is 0 Å². The van der Waals surface area contributed by atoms with Crippen molar-refractivity contribution < 1.29 is 0 Å². The fraction of sp³-hybridized carbons (Fsp3) is 0.455. The molecule has 0 spiro atoms. The molecular weight excluding hydrogens is 1350 g/mol. The summed E-state index contributed by atoms with van der Waals surface area (Å²) in [6, 6.07) is 89.2. The van der Waals surface area contributed by atoms with E-state index < -0.39 is 0 Å². The van der Waals surface area contributed by atoms with Gasteiger partial charge in [0.15, 0.2) is 0 Å². The molecule has 0 radical (unpaired) electrons. The number of benzene rings is 10. The van der Waals surface area contributed by atoms with E-state index in [0.717, 1.165) is 12.8 Å². The zero-order valence-corrected chi connectivity index (χ0v) is 70.9. The molecule has 2 heteroatoms. The van der Waals surface area contributed by atoms with Gasteiger partial charge in [0.2, 0.25) is 0 Å². The van der Waals surface area contributed by atoms with Gasteiger partial charge in [-0.05, 0) is 237 Å². The number of nitrogens with zero attached hydrogens (tertiary/aromatic N) is 2. The standard InChI is InChI=1S/C110H136N2/c1-11-21-29-45-77-110(76-44-28-18-8)101-53-37-33-49-93(101)97-69-65-89(81-105(97)110)112(88-64-68-96-92-48-32-36-52-100(92)109(104(96)80-88,74-42-26-16-6)75-43-27-17-7)85-60-56-83(57-61-85)106(19-9,20-10)82-54-58-84(59-55-82)111(86-62-66-94-90-46-30-34-50-98(90)107(102(94)78-86,70-38-22-12-2)71-39-23-13-3)87-63-67-95-91-47-31-35-51-99(91)108(103(95)79-87,72-40-24-14-4)73-41-25-15-5/h30-37,46-69,78-81H,11-29,38-45,70-77H2,1-10H3. The lowest BCUT2D eigenvalue weighted by molar-refractivity contribution is 0.403. The van der Waals surface area contributed by atoms with Crippen molar-refractivity contribution in [1.82, 2.24) is 0 Å². The molecule has 0 saturated heterocycles. The van der Waals surface area contributed by atoms with Gasteiger partial charge in [-0.3, -0.25) is 0 Å². The molecule has 10 aromatic rings. The molecule has 0 aliphatic heterocycles. The van der Waals surface area contributed by atoms with Gasteiger partial charge in [0.25, 0.3) is 0 Å². The van der Waals surface area contributed by atoms with Crippen molar-refractivity contribution in [3.63, 3.8) is 0 Å². The van der Waals surface area contributed by atoms with Crippen LogP contribution in [0.25, 0.3) is 44.5 Å². The first-order valence-electron chi connectivity index (χ1n) is 45.9. The Morgan fingerprint density at radius 2 is 0.393 bits per heavy atom. The van der Waals surface area contributed by atoms with Crippen molar-refractivity contribution in [2.24, 2.45) is 0 Å². The summed E-state index contributed by atoms with van der Waals surface area (Å²) < 4.78 is 0. The summed E-state index contributed by atoms with van der Waals surface area (Å²) >= 11 is 0. The number of unbranched alkanes of at least 4 members (excludes halogenated alkanes) is 17. The second-order valence-corrected chi connectivity index (χ2v) is 35.0. The van der Waals surface area contributed by atoms with E-state index >= 15 is 0 Å². The normalized spacial score (nSPS) is 15.5. The van der Waals surface area contributed by atoms with Crippen LogP contribution in [0.15, 0.2) is 218 Å². The number of anilines is 6. The summed E-state index contributed by atoms with van der Waals surface area (Å²) in [4.78, 5) is 5.37. The molecule has 586 valence electrons. The SMILES string of the molecule is CCCCCCC1(CCCCC)c2ccccc2-c2ccc(N(c3ccc(C(CC)(CC)c4ccc(N(c5ccc6c(c5)C(CCCCC)(CCCCC)c5ccccc5-6)c5ccc6c(c5)C(CCCCC)(CCCCC)c5ccccc5-6)cc4)cc3)c3ccc4c(c3)C(CCCCC)(CCCCC)c3ccccc3-4)cc21. The van der Waals surface area contributed by atoms with Crippen molar-refractivity contribution in [3.8, 4) is 44.5 Å². The Morgan fingerprint density at radius 3 is 0.616 bits per heavy atom. The molecule has 4 aliphatic carbocycles. The van der Waals surface area contributed by atoms with Crippen LogP contribution >= 0.6 is 0 Å². The zero-order valence-electron chi connectivity index (χ0n) is 70.9. The molecule has 0 aromatic heterocycles. The smallest absolute Gasteiger partial charge is 0.0465 e. The molecule has 2 nitrogen and oxygen atoms in total. The van der Waals surface area contributed by atoms with Crippen LogP contribution in [0.3, 0.4) is 0 Å². The fourth-order valence-electron chi connectivity index (χ4n) is 22.6. The van der Waals surface area contributed by atoms with Crippen LogP contribution in [0.5, 0.6) is 0 Å². The highest BCUT2D eigenvalue weighted by molar-refractivity contribution is 5.91. The minimum Gasteiger partial charge on any atom is -0.310 e. The van der Waals surface area contributed by atoms with Crippen LogP contribution in [-0.4, -0.2) is 0 Å². The topological polar surface area (TPSA) is 6.48 Å². The molecule has 112 heavy (non-hydrogen) atoms. The van der Waals surface area contributed by atoms with Gasteiger partial charge in [0.05, 0.1) is 0 Å². The Hall–Kier alpha value is -8.20. The fourth-order valence-corrected chi connectivity index (χ4v) is 22.6. The third kappa shape index (κ3) is 15.0. The van der Waals surface area contributed by atoms with Crippen LogP contribution in [-0.2, 0) is 27.1 Å². The molecule has 1 unspecified atom stereocenters. The lowest BCUT2D eigenvalue weighted by Crippen LogP contribution is -2.27. The van der Waals surface area contributed by atoms with Crippen LogP contribution in [0.4, 0.5) is 34.1 Å². The van der Waals surface area contributed by atoms with Crippen molar-refractivity contribution in [3.05, 3.63) is 274 Å². The van der Waals surface area contributed by atoms with Gasteiger partial charge < -0.3 is 9.80 Å². The van der Waals surface area contributed by atoms with E-state index in [0.29, 0.717) is 0 Å². The lowest BCUT2D eigenvalue weighted by atomic mass is 9.70. The van der Waals surface area contributed by atoms with Gasteiger partial charge in [-0.1, -0.05) is 375 Å². The van der Waals surface area contributed by atoms with E-state index in [1.807, 2.05) is 0 Å². The number of hydrogen-bond acceptors (Lipinski definition) is 2. The third-order valence-electron chi connectivity index (χ3n) is 28.5. The van der Waals surface area contributed by atoms with E-state index in [1.54, 1.807) is 27.8 Å². The highest BCUT2D eigenvalue weighted by atomic mass is 15.1. The summed E-state index contributed by atoms with van der Waals surface area (Å²) in [7, 11) is 0. The van der Waals surface area contributed by atoms with E-state index in [4.69, 9.17) is 0 Å². The molecule has 4 aliphatic rings. The van der Waals surface area contributed by atoms with Gasteiger partial charge in [0.1, 0.15) is 0 Å². The molecule has 0 saturated carbocycles. The predicted molar refractivity (Wildman–Crippen MR) is 486 cm³/mol. The molecular formula is C110H136N2.